The Balaban J connectivity index is 1.23. The maximum atomic E-state index is 14.4. The summed E-state index contributed by atoms with van der Waals surface area (Å²) in [6, 6.07) is 16.9. The predicted molar refractivity (Wildman–Crippen MR) is 195 cm³/mol. The highest BCUT2D eigenvalue weighted by Gasteiger charge is 2.50. The third-order valence-corrected chi connectivity index (χ3v) is 9.64. The van der Waals surface area contributed by atoms with Gasteiger partial charge in [0.15, 0.2) is 0 Å². The zero-order valence-electron chi connectivity index (χ0n) is 30.4. The summed E-state index contributed by atoms with van der Waals surface area (Å²) >= 11 is 0. The fraction of sp³-hybridized carbons (Fsp3) is 0.436. The third-order valence-electron chi connectivity index (χ3n) is 9.64. The van der Waals surface area contributed by atoms with Crippen LogP contribution in [-0.4, -0.2) is 86.4 Å². The van der Waals surface area contributed by atoms with Crippen molar-refractivity contribution in [3.8, 4) is 0 Å². The average molecular weight is 725 g/mol. The van der Waals surface area contributed by atoms with Gasteiger partial charge in [0.25, 0.3) is 5.91 Å². The molecule has 0 bridgehead atoms. The van der Waals surface area contributed by atoms with E-state index in [1.165, 1.54) is 18.6 Å². The fourth-order valence-corrected chi connectivity index (χ4v) is 7.00. The highest BCUT2D eigenvalue weighted by Crippen LogP contribution is 2.41. The number of hydrogen-bond acceptors (Lipinski definition) is 9. The zero-order valence-corrected chi connectivity index (χ0v) is 30.4. The molecule has 3 aromatic rings. The van der Waals surface area contributed by atoms with Gasteiger partial charge in [0, 0.05) is 31.5 Å². The van der Waals surface area contributed by atoms with Crippen LogP contribution in [0.4, 0.5) is 0 Å². The van der Waals surface area contributed by atoms with Crippen molar-refractivity contribution in [2.75, 3.05) is 13.1 Å². The zero-order chi connectivity index (χ0) is 38.0. The van der Waals surface area contributed by atoms with Crippen LogP contribution < -0.4 is 21.4 Å². The second-order valence-corrected chi connectivity index (χ2v) is 14.7. The molecule has 1 saturated heterocycles. The maximum absolute atomic E-state index is 14.4. The topological polar surface area (TPSA) is 183 Å². The average Bonchev–Trinajstić information content (AvgIpc) is 3.55. The first-order chi connectivity index (χ1) is 25.4. The van der Waals surface area contributed by atoms with Crippen LogP contribution in [0.2, 0.25) is 0 Å². The molecule has 4 atom stereocenters. The van der Waals surface area contributed by atoms with E-state index in [0.717, 1.165) is 30.4 Å². The number of carbonyl (C=O) groups is 6. The Labute approximate surface area is 309 Å². The van der Waals surface area contributed by atoms with Crippen molar-refractivity contribution in [3.05, 3.63) is 96.1 Å². The van der Waals surface area contributed by atoms with E-state index in [2.05, 4.69) is 31.3 Å². The van der Waals surface area contributed by atoms with E-state index >= 15 is 0 Å². The Morgan fingerprint density at radius 2 is 1.49 bits per heavy atom. The summed E-state index contributed by atoms with van der Waals surface area (Å²) in [4.78, 5) is 89.3. The Morgan fingerprint density at radius 3 is 2.09 bits per heavy atom. The predicted octanol–water partition coefficient (Wildman–Crippen LogP) is 2.32. The summed E-state index contributed by atoms with van der Waals surface area (Å²) < 4.78 is 0. The van der Waals surface area contributed by atoms with Crippen LogP contribution in [-0.2, 0) is 37.1 Å². The largest absolute Gasteiger partial charge is 0.347 e. The molecule has 0 radical (unpaired) electrons. The Hall–Kier alpha value is -5.50. The number of rotatable bonds is 14. The number of aromatic nitrogens is 2. The number of Topliss-reactive ketones (excluding diaryl/α,β-unsaturated/α-hetero) is 1. The van der Waals surface area contributed by atoms with Gasteiger partial charge in [-0.15, -0.1) is 0 Å². The standard InChI is InChI=1S/C39H48N8O6/c1-39(2,3)34(44-33(49)23-43-35(50)29-21-40-18-19-41-29)38(53)47-30-17-11-10-16-28(30)20-31(47)36(51)42-22-32(48)37(52)45-46(24-26-12-6-4-7-13-26)25-27-14-8-5-9-15-27/h4-9,12-15,18-19,21,28,30-31,34H,10-11,16-17,20,22-25H2,1-3H3,(H,42,51)(H,43,50)(H,44,49)(H,45,52). The van der Waals surface area contributed by atoms with Crippen molar-refractivity contribution < 1.29 is 28.8 Å². The number of carbonyl (C=O) groups excluding carboxylic acids is 6. The van der Waals surface area contributed by atoms with E-state index in [1.807, 2.05) is 81.4 Å². The van der Waals surface area contributed by atoms with Gasteiger partial charge < -0.3 is 20.9 Å². The number of fused-ring (bicyclic) bond motifs is 1. The van der Waals surface area contributed by atoms with Gasteiger partial charge in [-0.1, -0.05) is 94.3 Å². The smallest absolute Gasteiger partial charge is 0.303 e. The molecule has 2 heterocycles. The molecule has 53 heavy (non-hydrogen) atoms. The van der Waals surface area contributed by atoms with E-state index in [1.54, 1.807) is 9.91 Å². The minimum Gasteiger partial charge on any atom is -0.347 e. The highest BCUT2D eigenvalue weighted by atomic mass is 16.2. The van der Waals surface area contributed by atoms with Crippen LogP contribution in [0.15, 0.2) is 79.3 Å². The van der Waals surface area contributed by atoms with Crippen LogP contribution in [0.1, 0.15) is 74.5 Å². The minimum absolute atomic E-state index is 0.0469. The molecule has 2 fully saturated rings. The molecular weight excluding hydrogens is 676 g/mol. The summed E-state index contributed by atoms with van der Waals surface area (Å²) in [5, 5.41) is 9.57. The van der Waals surface area contributed by atoms with Gasteiger partial charge in [0.05, 0.1) is 19.3 Å². The molecular formula is C39H48N8O6. The van der Waals surface area contributed by atoms with Gasteiger partial charge in [-0.05, 0) is 41.7 Å². The van der Waals surface area contributed by atoms with Crippen molar-refractivity contribution in [3.63, 3.8) is 0 Å². The van der Waals surface area contributed by atoms with Crippen LogP contribution in [0, 0.1) is 11.3 Å². The molecule has 1 aliphatic heterocycles. The lowest BCUT2D eigenvalue weighted by molar-refractivity contribution is -0.146. The van der Waals surface area contributed by atoms with Gasteiger partial charge in [0.1, 0.15) is 17.8 Å². The molecule has 1 aromatic heterocycles. The van der Waals surface area contributed by atoms with E-state index in [4.69, 9.17) is 0 Å². The van der Waals surface area contributed by atoms with Crippen LogP contribution in [0.25, 0.3) is 0 Å². The third kappa shape index (κ3) is 10.5. The monoisotopic (exact) mass is 724 g/mol. The summed E-state index contributed by atoms with van der Waals surface area (Å²) in [7, 11) is 0. The molecule has 0 spiro atoms. The maximum Gasteiger partial charge on any atom is 0.303 e. The summed E-state index contributed by atoms with van der Waals surface area (Å²) in [6.07, 6.45) is 7.89. The first kappa shape index (κ1) is 38.7. The molecule has 14 heteroatoms. The summed E-state index contributed by atoms with van der Waals surface area (Å²) in [5.74, 6) is -3.74. The summed E-state index contributed by atoms with van der Waals surface area (Å²) in [6.45, 7) is 5.19. The molecule has 1 saturated carbocycles. The second kappa shape index (κ2) is 17.8. The lowest BCUT2D eigenvalue weighted by Crippen LogP contribution is -2.60. The van der Waals surface area contributed by atoms with Crippen LogP contribution in [0.3, 0.4) is 0 Å². The minimum atomic E-state index is -1.02. The Bertz CT molecular complexity index is 1710. The number of nitrogens with one attached hydrogen (secondary N) is 4. The van der Waals surface area contributed by atoms with E-state index < -0.39 is 65.9 Å². The Morgan fingerprint density at radius 1 is 0.849 bits per heavy atom. The van der Waals surface area contributed by atoms with Crippen LogP contribution >= 0.6 is 0 Å². The quantitative estimate of drug-likeness (QED) is 0.143. The lowest BCUT2D eigenvalue weighted by atomic mass is 9.83. The van der Waals surface area contributed by atoms with E-state index in [-0.39, 0.29) is 17.7 Å². The molecule has 4 unspecified atom stereocenters. The summed E-state index contributed by atoms with van der Waals surface area (Å²) in [5.41, 5.74) is 3.88. The van der Waals surface area contributed by atoms with Gasteiger partial charge in [-0.2, -0.15) is 0 Å². The van der Waals surface area contributed by atoms with E-state index in [0.29, 0.717) is 25.9 Å². The first-order valence-corrected chi connectivity index (χ1v) is 18.0. The lowest BCUT2D eigenvalue weighted by Gasteiger charge is -2.39. The number of ketones is 1. The number of hydrazine groups is 1. The van der Waals surface area contributed by atoms with Crippen molar-refractivity contribution in [1.29, 1.82) is 0 Å². The van der Waals surface area contributed by atoms with Crippen LogP contribution in [0.5, 0.6) is 0 Å². The number of nitrogens with zero attached hydrogens (tertiary/aromatic N) is 4. The Kier molecular flexibility index (Phi) is 13.0. The molecule has 14 nitrogen and oxygen atoms in total. The molecule has 2 aliphatic rings. The molecule has 280 valence electrons. The highest BCUT2D eigenvalue weighted by molar-refractivity contribution is 6.37. The number of hydrogen-bond donors (Lipinski definition) is 4. The second-order valence-electron chi connectivity index (χ2n) is 14.7. The molecule has 1 aliphatic carbocycles. The SMILES string of the molecule is CC(C)(C)C(NC(=O)CNC(=O)c1cnccn1)C(=O)N1C(C(=O)NCC(=O)C(=O)NN(Cc2ccccc2)Cc2ccccc2)CC2CCCCC21. The molecule has 5 amide bonds. The number of amides is 5. The van der Waals surface area contributed by atoms with Crippen molar-refractivity contribution >= 4 is 35.3 Å². The van der Waals surface area contributed by atoms with Crippen molar-refractivity contribution in [2.45, 2.75) is 84.1 Å². The number of benzene rings is 2. The van der Waals surface area contributed by atoms with Crippen molar-refractivity contribution in [1.82, 2.24) is 41.3 Å². The van der Waals surface area contributed by atoms with Gasteiger partial charge in [0.2, 0.25) is 23.5 Å². The van der Waals surface area contributed by atoms with E-state index in [9.17, 15) is 28.8 Å². The van der Waals surface area contributed by atoms with Crippen molar-refractivity contribution in [2.24, 2.45) is 11.3 Å². The molecule has 4 N–H and O–H groups in total. The molecule has 2 aromatic carbocycles. The molecule has 5 rings (SSSR count). The van der Waals surface area contributed by atoms with Gasteiger partial charge in [-0.25, -0.2) is 9.99 Å². The van der Waals surface area contributed by atoms with Gasteiger partial charge >= 0.3 is 5.91 Å². The first-order valence-electron chi connectivity index (χ1n) is 18.0. The normalized spacial score (nSPS) is 18.7. The fourth-order valence-electron chi connectivity index (χ4n) is 7.00. The number of likely N-dealkylation sites (tertiary alicyclic amines) is 1. The van der Waals surface area contributed by atoms with Gasteiger partial charge in [-0.3, -0.25) is 39.2 Å².